The molecule has 0 spiro atoms. The van der Waals surface area contributed by atoms with Crippen LogP contribution in [0.4, 0.5) is 0 Å². The lowest BCUT2D eigenvalue weighted by Gasteiger charge is -2.06. The molecular weight excluding hydrogens is 224 g/mol. The summed E-state index contributed by atoms with van der Waals surface area (Å²) in [5.41, 5.74) is 1.39. The third kappa shape index (κ3) is 20.5. The molecule has 0 rings (SSSR count). The number of rotatable bonds is 8. The van der Waals surface area contributed by atoms with Crippen molar-refractivity contribution in [1.82, 2.24) is 0 Å². The van der Waals surface area contributed by atoms with Gasteiger partial charge >= 0.3 is 0 Å². The van der Waals surface area contributed by atoms with Gasteiger partial charge in [0.05, 0.1) is 0 Å². The van der Waals surface area contributed by atoms with Crippen LogP contribution in [-0.2, 0) is 4.79 Å². The van der Waals surface area contributed by atoms with Crippen LogP contribution in [0.3, 0.4) is 0 Å². The van der Waals surface area contributed by atoms with Crippen LogP contribution in [0.15, 0.2) is 23.8 Å². The number of aldehydes is 1. The van der Waals surface area contributed by atoms with E-state index < -0.39 is 0 Å². The van der Waals surface area contributed by atoms with Gasteiger partial charge in [0.2, 0.25) is 0 Å². The molecule has 1 N–H and O–H groups in total. The Kier molecular flexibility index (Phi) is 17.4. The largest absolute Gasteiger partial charge is 0.396 e. The highest BCUT2D eigenvalue weighted by atomic mass is 16.3. The van der Waals surface area contributed by atoms with E-state index in [1.54, 1.807) is 0 Å². The SMILES string of the molecule is CC(C)=CCCC(C)CCO.CCC/C=C/C=O. The molecule has 0 saturated heterocycles. The first-order valence-corrected chi connectivity index (χ1v) is 6.92. The molecule has 2 heteroatoms. The molecule has 0 amide bonds. The van der Waals surface area contributed by atoms with E-state index in [-0.39, 0.29) is 0 Å². The van der Waals surface area contributed by atoms with Crippen molar-refractivity contribution >= 4 is 6.29 Å². The maximum Gasteiger partial charge on any atom is 0.142 e. The normalized spacial score (nSPS) is 11.6. The van der Waals surface area contributed by atoms with E-state index >= 15 is 0 Å². The standard InChI is InChI=1S/C10H20O.C6H10O/c1-9(2)5-4-6-10(3)7-8-11;1-2-3-4-5-6-7/h5,10-11H,4,6-8H2,1-3H3;4-6H,2-3H2,1H3/b;5-4+. The Morgan fingerprint density at radius 2 is 1.89 bits per heavy atom. The Morgan fingerprint density at radius 1 is 1.22 bits per heavy atom. The molecule has 0 aromatic heterocycles. The number of allylic oxidation sites excluding steroid dienone is 4. The van der Waals surface area contributed by atoms with E-state index in [9.17, 15) is 4.79 Å². The van der Waals surface area contributed by atoms with Crippen molar-refractivity contribution in [1.29, 1.82) is 0 Å². The maximum absolute atomic E-state index is 9.59. The summed E-state index contributed by atoms with van der Waals surface area (Å²) in [6.07, 6.45) is 11.9. The first kappa shape index (κ1) is 19.4. The lowest BCUT2D eigenvalue weighted by molar-refractivity contribution is -0.104. The van der Waals surface area contributed by atoms with Gasteiger partial charge in [-0.05, 0) is 51.5 Å². The molecule has 1 atom stereocenters. The van der Waals surface area contributed by atoms with Gasteiger partial charge in [-0.25, -0.2) is 0 Å². The molecule has 0 radical (unpaired) electrons. The Labute approximate surface area is 113 Å². The molecule has 0 aliphatic rings. The van der Waals surface area contributed by atoms with Crippen LogP contribution in [0.25, 0.3) is 0 Å². The van der Waals surface area contributed by atoms with E-state index in [2.05, 4.69) is 33.8 Å². The van der Waals surface area contributed by atoms with Crippen LogP contribution < -0.4 is 0 Å². The van der Waals surface area contributed by atoms with Crippen molar-refractivity contribution in [2.75, 3.05) is 6.61 Å². The summed E-state index contributed by atoms with van der Waals surface area (Å²) < 4.78 is 0. The highest BCUT2D eigenvalue weighted by Crippen LogP contribution is 2.10. The molecule has 0 aliphatic heterocycles. The maximum atomic E-state index is 9.59. The molecule has 0 aromatic carbocycles. The van der Waals surface area contributed by atoms with Gasteiger partial charge in [-0.2, -0.15) is 0 Å². The zero-order valence-corrected chi connectivity index (χ0v) is 12.5. The van der Waals surface area contributed by atoms with Crippen LogP contribution >= 0.6 is 0 Å². The Morgan fingerprint density at radius 3 is 2.33 bits per heavy atom. The van der Waals surface area contributed by atoms with E-state index in [4.69, 9.17) is 5.11 Å². The van der Waals surface area contributed by atoms with Crippen LogP contribution in [0, 0.1) is 5.92 Å². The fraction of sp³-hybridized carbons (Fsp3) is 0.688. The monoisotopic (exact) mass is 254 g/mol. The number of carbonyl (C=O) groups is 1. The molecule has 0 aliphatic carbocycles. The Bertz CT molecular complexity index is 225. The van der Waals surface area contributed by atoms with E-state index in [1.165, 1.54) is 18.1 Å². The van der Waals surface area contributed by atoms with Gasteiger partial charge in [0.25, 0.3) is 0 Å². The third-order valence-electron chi connectivity index (χ3n) is 2.50. The van der Waals surface area contributed by atoms with Gasteiger partial charge in [-0.15, -0.1) is 0 Å². The number of aliphatic hydroxyl groups excluding tert-OH is 1. The van der Waals surface area contributed by atoms with Gasteiger partial charge in [0.15, 0.2) is 0 Å². The minimum Gasteiger partial charge on any atom is -0.396 e. The van der Waals surface area contributed by atoms with Crippen LogP contribution in [0.5, 0.6) is 0 Å². The molecule has 0 saturated carbocycles. The number of carbonyl (C=O) groups excluding carboxylic acids is 1. The number of hydrogen-bond donors (Lipinski definition) is 1. The van der Waals surface area contributed by atoms with Crippen molar-refractivity contribution < 1.29 is 9.90 Å². The molecule has 2 nitrogen and oxygen atoms in total. The summed E-state index contributed by atoms with van der Waals surface area (Å²) in [6.45, 7) is 8.84. The fourth-order valence-electron chi connectivity index (χ4n) is 1.34. The smallest absolute Gasteiger partial charge is 0.142 e. The topological polar surface area (TPSA) is 37.3 Å². The Balaban J connectivity index is 0. The van der Waals surface area contributed by atoms with Gasteiger partial charge in [0.1, 0.15) is 6.29 Å². The summed E-state index contributed by atoms with van der Waals surface area (Å²) in [5.74, 6) is 0.663. The number of hydrogen-bond acceptors (Lipinski definition) is 2. The molecule has 18 heavy (non-hydrogen) atoms. The second-order valence-corrected chi connectivity index (χ2v) is 4.83. The second-order valence-electron chi connectivity index (χ2n) is 4.83. The summed E-state index contributed by atoms with van der Waals surface area (Å²) >= 11 is 0. The van der Waals surface area contributed by atoms with Gasteiger partial charge in [-0.3, -0.25) is 4.79 Å². The summed E-state index contributed by atoms with van der Waals surface area (Å²) in [7, 11) is 0. The van der Waals surface area contributed by atoms with Crippen LogP contribution in [-0.4, -0.2) is 18.0 Å². The van der Waals surface area contributed by atoms with Gasteiger partial charge in [0, 0.05) is 6.61 Å². The molecule has 0 aromatic rings. The summed E-state index contributed by atoms with van der Waals surface area (Å²) in [4.78, 5) is 9.59. The first-order chi connectivity index (χ1) is 8.58. The minimum atomic E-state index is 0.329. The summed E-state index contributed by atoms with van der Waals surface area (Å²) in [6, 6.07) is 0. The quantitative estimate of drug-likeness (QED) is 0.398. The minimum absolute atomic E-state index is 0.329. The van der Waals surface area contributed by atoms with Crippen molar-refractivity contribution in [2.45, 2.75) is 59.8 Å². The molecular formula is C16H30O2. The predicted molar refractivity (Wildman–Crippen MR) is 79.6 cm³/mol. The highest BCUT2D eigenvalue weighted by molar-refractivity contribution is 5.64. The van der Waals surface area contributed by atoms with E-state index in [0.29, 0.717) is 12.5 Å². The Hall–Kier alpha value is -0.890. The fourth-order valence-corrected chi connectivity index (χ4v) is 1.34. The zero-order valence-electron chi connectivity index (χ0n) is 12.5. The first-order valence-electron chi connectivity index (χ1n) is 6.92. The second kappa shape index (κ2) is 16.1. The van der Waals surface area contributed by atoms with E-state index in [1.807, 2.05) is 6.08 Å². The van der Waals surface area contributed by atoms with E-state index in [0.717, 1.165) is 32.0 Å². The molecule has 0 heterocycles. The van der Waals surface area contributed by atoms with Gasteiger partial charge < -0.3 is 5.11 Å². The number of aliphatic hydroxyl groups is 1. The van der Waals surface area contributed by atoms with Crippen molar-refractivity contribution in [3.63, 3.8) is 0 Å². The van der Waals surface area contributed by atoms with Crippen LogP contribution in [0.1, 0.15) is 59.8 Å². The summed E-state index contributed by atoms with van der Waals surface area (Å²) in [5, 5.41) is 8.63. The number of unbranched alkanes of at least 4 members (excludes halogenated alkanes) is 1. The third-order valence-corrected chi connectivity index (χ3v) is 2.50. The average molecular weight is 254 g/mol. The lowest BCUT2D eigenvalue weighted by atomic mass is 10.0. The zero-order chi connectivity index (χ0) is 14.2. The lowest BCUT2D eigenvalue weighted by Crippen LogP contribution is -1.96. The molecule has 0 bridgehead atoms. The van der Waals surface area contributed by atoms with Gasteiger partial charge in [-0.1, -0.05) is 38.0 Å². The average Bonchev–Trinajstić information content (AvgIpc) is 2.30. The van der Waals surface area contributed by atoms with Crippen LogP contribution in [0.2, 0.25) is 0 Å². The predicted octanol–water partition coefficient (Wildman–Crippen LogP) is 4.29. The molecule has 1 unspecified atom stereocenters. The van der Waals surface area contributed by atoms with Crippen molar-refractivity contribution in [3.8, 4) is 0 Å². The highest BCUT2D eigenvalue weighted by Gasteiger charge is 1.98. The van der Waals surface area contributed by atoms with Crippen molar-refractivity contribution in [3.05, 3.63) is 23.8 Å². The van der Waals surface area contributed by atoms with Crippen molar-refractivity contribution in [2.24, 2.45) is 5.92 Å². The molecule has 106 valence electrons. The molecule has 0 fully saturated rings.